The maximum atomic E-state index is 12.9. The van der Waals surface area contributed by atoms with Crippen LogP contribution in [0.2, 0.25) is 0 Å². The molecule has 0 fully saturated rings. The molecular formula is C29H35N2OP. The molecule has 0 saturated heterocycles. The number of hydrogen-bond acceptors (Lipinski definition) is 2. The Bertz CT molecular complexity index is 1000. The van der Waals surface area contributed by atoms with Gasteiger partial charge in [0.2, 0.25) is 5.91 Å². The van der Waals surface area contributed by atoms with Gasteiger partial charge in [-0.1, -0.05) is 119 Å². The van der Waals surface area contributed by atoms with E-state index >= 15 is 0 Å². The topological polar surface area (TPSA) is 41.5 Å². The van der Waals surface area contributed by atoms with Gasteiger partial charge in [-0.05, 0) is 35.7 Å². The van der Waals surface area contributed by atoms with Crippen LogP contribution < -0.4 is 21.2 Å². The van der Waals surface area contributed by atoms with Crippen molar-refractivity contribution in [3.63, 3.8) is 0 Å². The van der Waals surface area contributed by atoms with Crippen molar-refractivity contribution in [3.8, 4) is 0 Å². The molecule has 3 rings (SSSR count). The van der Waals surface area contributed by atoms with E-state index in [1.807, 2.05) is 12.3 Å². The average molecular weight is 459 g/mol. The van der Waals surface area contributed by atoms with E-state index in [0.29, 0.717) is 6.54 Å². The van der Waals surface area contributed by atoms with E-state index in [1.165, 1.54) is 15.9 Å². The molecule has 0 aromatic heterocycles. The molecule has 1 amide bonds. The van der Waals surface area contributed by atoms with E-state index in [4.69, 9.17) is 4.99 Å². The molecule has 33 heavy (non-hydrogen) atoms. The Morgan fingerprint density at radius 2 is 1.45 bits per heavy atom. The Balaban J connectivity index is 2.00. The molecule has 3 aromatic carbocycles. The molecule has 0 radical (unpaired) electrons. The summed E-state index contributed by atoms with van der Waals surface area (Å²) < 4.78 is 0. The Morgan fingerprint density at radius 3 is 2.00 bits per heavy atom. The highest BCUT2D eigenvalue weighted by molar-refractivity contribution is 7.80. The van der Waals surface area contributed by atoms with Crippen molar-refractivity contribution in [2.75, 3.05) is 6.54 Å². The van der Waals surface area contributed by atoms with Crippen LogP contribution in [0.15, 0.2) is 89.9 Å². The van der Waals surface area contributed by atoms with Crippen LogP contribution in [0.1, 0.15) is 46.1 Å². The van der Waals surface area contributed by atoms with Gasteiger partial charge in [0.05, 0.1) is 0 Å². The third-order valence-corrected chi connectivity index (χ3v) is 7.99. The molecule has 3 nitrogen and oxygen atoms in total. The summed E-state index contributed by atoms with van der Waals surface area (Å²) in [5.74, 6) is -0.00179. The second-order valence-corrected chi connectivity index (χ2v) is 11.4. The zero-order valence-corrected chi connectivity index (χ0v) is 21.1. The van der Waals surface area contributed by atoms with Gasteiger partial charge in [0.25, 0.3) is 0 Å². The molecule has 0 spiro atoms. The fourth-order valence-corrected chi connectivity index (χ4v) is 6.13. The third kappa shape index (κ3) is 6.85. The van der Waals surface area contributed by atoms with Crippen LogP contribution in [0.25, 0.3) is 0 Å². The molecule has 0 aliphatic rings. The monoisotopic (exact) mass is 458 g/mol. The molecule has 3 aromatic rings. The van der Waals surface area contributed by atoms with Gasteiger partial charge in [-0.2, -0.15) is 0 Å². The fourth-order valence-electron chi connectivity index (χ4n) is 3.71. The van der Waals surface area contributed by atoms with Gasteiger partial charge in [0.15, 0.2) is 0 Å². The smallest absolute Gasteiger partial charge is 0.245 e. The van der Waals surface area contributed by atoms with E-state index in [0.717, 1.165) is 18.4 Å². The van der Waals surface area contributed by atoms with Crippen LogP contribution in [-0.4, -0.2) is 24.7 Å². The Kier molecular flexibility index (Phi) is 8.97. The molecule has 0 bridgehead atoms. The summed E-state index contributed by atoms with van der Waals surface area (Å²) in [4.78, 5) is 17.8. The number of aliphatic imine (C=N–C) groups is 1. The maximum absolute atomic E-state index is 12.9. The summed E-state index contributed by atoms with van der Waals surface area (Å²) >= 11 is 0. The second-order valence-electron chi connectivity index (χ2n) is 9.26. The molecule has 0 saturated carbocycles. The Hall–Kier alpha value is -2.77. The molecule has 4 heteroatoms. The summed E-state index contributed by atoms with van der Waals surface area (Å²) in [5.41, 5.74) is 0.789. The minimum atomic E-state index is -0.744. The van der Waals surface area contributed by atoms with Crippen molar-refractivity contribution in [3.05, 3.63) is 90.5 Å². The van der Waals surface area contributed by atoms with Crippen LogP contribution in [0.5, 0.6) is 0 Å². The maximum Gasteiger partial charge on any atom is 0.245 e. The lowest BCUT2D eigenvalue weighted by atomic mass is 9.86. The van der Waals surface area contributed by atoms with E-state index in [1.54, 1.807) is 0 Å². The predicted octanol–water partition coefficient (Wildman–Crippen LogP) is 5.19. The highest BCUT2D eigenvalue weighted by Gasteiger charge is 2.30. The van der Waals surface area contributed by atoms with Crippen LogP contribution in [0.4, 0.5) is 0 Å². The summed E-state index contributed by atoms with van der Waals surface area (Å²) in [7, 11) is -0.744. The SMILES string of the molecule is CCCCNC(=O)[C@@H](N=Cc1ccccc1P(c1ccccc1)c1ccccc1)C(C)(C)C. The second kappa shape index (κ2) is 11.9. The molecule has 0 aliphatic heterocycles. The van der Waals surface area contributed by atoms with Gasteiger partial charge >= 0.3 is 0 Å². The number of carbonyl (C=O) groups excluding carboxylic acids is 1. The van der Waals surface area contributed by atoms with Crippen LogP contribution in [0, 0.1) is 5.41 Å². The number of amides is 1. The fraction of sp³-hybridized carbons (Fsp3) is 0.310. The quantitative estimate of drug-likeness (QED) is 0.267. The van der Waals surface area contributed by atoms with E-state index in [2.05, 4.69) is 112 Å². The first-order valence-corrected chi connectivity index (χ1v) is 13.1. The summed E-state index contributed by atoms with van der Waals surface area (Å²) in [6.45, 7) is 9.03. The van der Waals surface area contributed by atoms with Crippen molar-refractivity contribution in [2.24, 2.45) is 10.4 Å². The number of rotatable bonds is 9. The van der Waals surface area contributed by atoms with Crippen LogP contribution in [-0.2, 0) is 4.79 Å². The van der Waals surface area contributed by atoms with Gasteiger partial charge in [0.1, 0.15) is 6.04 Å². The number of carbonyl (C=O) groups is 1. The average Bonchev–Trinajstić information content (AvgIpc) is 2.81. The van der Waals surface area contributed by atoms with Crippen LogP contribution >= 0.6 is 7.92 Å². The molecule has 172 valence electrons. The van der Waals surface area contributed by atoms with Crippen LogP contribution in [0.3, 0.4) is 0 Å². The van der Waals surface area contributed by atoms with Crippen molar-refractivity contribution < 1.29 is 4.79 Å². The Morgan fingerprint density at radius 1 is 0.909 bits per heavy atom. The highest BCUT2D eigenvalue weighted by Crippen LogP contribution is 2.33. The zero-order chi connectivity index (χ0) is 23.7. The van der Waals surface area contributed by atoms with Gasteiger partial charge in [0, 0.05) is 18.3 Å². The number of benzene rings is 3. The third-order valence-electron chi connectivity index (χ3n) is 5.47. The van der Waals surface area contributed by atoms with Crippen molar-refractivity contribution in [1.82, 2.24) is 5.32 Å². The van der Waals surface area contributed by atoms with E-state index < -0.39 is 14.0 Å². The van der Waals surface area contributed by atoms with Gasteiger partial charge in [-0.15, -0.1) is 0 Å². The zero-order valence-electron chi connectivity index (χ0n) is 20.2. The van der Waals surface area contributed by atoms with Gasteiger partial charge in [-0.25, -0.2) is 0 Å². The van der Waals surface area contributed by atoms with Gasteiger partial charge in [-0.3, -0.25) is 9.79 Å². The minimum absolute atomic E-state index is 0.00179. The first-order valence-electron chi connectivity index (χ1n) is 11.7. The highest BCUT2D eigenvalue weighted by atomic mass is 31.1. The van der Waals surface area contributed by atoms with Gasteiger partial charge < -0.3 is 5.32 Å². The molecule has 0 heterocycles. The van der Waals surface area contributed by atoms with Crippen molar-refractivity contribution in [1.29, 1.82) is 0 Å². The predicted molar refractivity (Wildman–Crippen MR) is 144 cm³/mol. The number of hydrogen-bond donors (Lipinski definition) is 1. The largest absolute Gasteiger partial charge is 0.354 e. The molecular weight excluding hydrogens is 423 g/mol. The minimum Gasteiger partial charge on any atom is -0.354 e. The lowest BCUT2D eigenvalue weighted by molar-refractivity contribution is -0.124. The summed E-state index contributed by atoms with van der Waals surface area (Å²) in [6, 6.07) is 29.3. The first kappa shape index (κ1) is 24.9. The molecule has 1 N–H and O–H groups in total. The molecule has 0 aliphatic carbocycles. The molecule has 1 atom stereocenters. The number of unbranched alkanes of at least 4 members (excludes halogenated alkanes) is 1. The lowest BCUT2D eigenvalue weighted by Gasteiger charge is -2.26. The standard InChI is InChI=1S/C29H35N2OP/c1-5-6-21-30-28(32)27(29(2,3)4)31-22-23-15-13-14-20-26(23)33(24-16-9-7-10-17-24)25-18-11-8-12-19-25/h7-20,22,27H,5-6,21H2,1-4H3,(H,30,32)/t27-/m1/s1. The first-order chi connectivity index (χ1) is 15.9. The number of nitrogens with one attached hydrogen (secondary N) is 1. The lowest BCUT2D eigenvalue weighted by Crippen LogP contribution is -2.42. The van der Waals surface area contributed by atoms with E-state index in [9.17, 15) is 4.79 Å². The Labute approximate surface area is 200 Å². The summed E-state index contributed by atoms with van der Waals surface area (Å²) in [6.07, 6.45) is 3.94. The summed E-state index contributed by atoms with van der Waals surface area (Å²) in [5, 5.41) is 6.90. The molecule has 0 unspecified atom stereocenters. The normalized spacial score (nSPS) is 12.8. The number of nitrogens with zero attached hydrogens (tertiary/aromatic N) is 1. The van der Waals surface area contributed by atoms with Crippen molar-refractivity contribution >= 4 is 36.0 Å². The van der Waals surface area contributed by atoms with E-state index in [-0.39, 0.29) is 11.3 Å². The van der Waals surface area contributed by atoms with Crippen molar-refractivity contribution in [2.45, 2.75) is 46.6 Å².